The minimum atomic E-state index is -0.739. The summed E-state index contributed by atoms with van der Waals surface area (Å²) in [4.78, 5) is 43.9. The molecule has 2 aromatic rings. The lowest BCUT2D eigenvalue weighted by Gasteiger charge is -2.38. The van der Waals surface area contributed by atoms with Gasteiger partial charge in [0.15, 0.2) is 6.10 Å². The standard InChI is InChI=1S/C29H36N4O4/c1-20(37-23-10-6-3-7-11-23)28(35)33-25-13-12-22(29(36)32-16-14-30-15-17-32)18-24(25)31-27(34)19-26(33)21-8-4-2-5-9-21/h3,6-7,10-13,18,20-21,26,30H,2,4-5,8-9,14-17,19H2,1H3,(H,31,34). The third kappa shape index (κ3) is 5.64. The van der Waals surface area contributed by atoms with Crippen molar-refractivity contribution in [3.8, 4) is 5.75 Å². The van der Waals surface area contributed by atoms with E-state index < -0.39 is 6.10 Å². The smallest absolute Gasteiger partial charge is 0.268 e. The van der Waals surface area contributed by atoms with E-state index in [9.17, 15) is 14.4 Å². The Morgan fingerprint density at radius 2 is 1.73 bits per heavy atom. The Bertz CT molecular complexity index is 1130. The number of amides is 3. The normalized spacial score (nSPS) is 21.4. The Hall–Kier alpha value is -3.39. The van der Waals surface area contributed by atoms with Crippen molar-refractivity contribution in [3.63, 3.8) is 0 Å². The minimum Gasteiger partial charge on any atom is -0.481 e. The van der Waals surface area contributed by atoms with Gasteiger partial charge in [0.1, 0.15) is 5.75 Å². The molecule has 2 N–H and O–H groups in total. The van der Waals surface area contributed by atoms with Gasteiger partial charge in [0.2, 0.25) is 5.91 Å². The van der Waals surface area contributed by atoms with Crippen molar-refractivity contribution in [3.05, 3.63) is 54.1 Å². The number of hydrogen-bond acceptors (Lipinski definition) is 5. The zero-order valence-corrected chi connectivity index (χ0v) is 21.4. The molecule has 1 saturated heterocycles. The van der Waals surface area contributed by atoms with Crippen LogP contribution in [0.25, 0.3) is 0 Å². The fourth-order valence-electron chi connectivity index (χ4n) is 5.82. The van der Waals surface area contributed by atoms with E-state index in [1.54, 1.807) is 24.0 Å². The van der Waals surface area contributed by atoms with Gasteiger partial charge in [0.05, 0.1) is 11.4 Å². The molecule has 8 heteroatoms. The Morgan fingerprint density at radius 3 is 2.46 bits per heavy atom. The summed E-state index contributed by atoms with van der Waals surface area (Å²) in [5.74, 6) is 0.485. The molecule has 2 heterocycles. The predicted octanol–water partition coefficient (Wildman–Crippen LogP) is 3.82. The van der Waals surface area contributed by atoms with Crippen LogP contribution in [0.1, 0.15) is 55.8 Å². The third-order valence-corrected chi connectivity index (χ3v) is 7.74. The van der Waals surface area contributed by atoms with E-state index in [0.29, 0.717) is 35.8 Å². The summed E-state index contributed by atoms with van der Waals surface area (Å²) < 4.78 is 6.03. The highest BCUT2D eigenvalue weighted by Crippen LogP contribution is 2.39. The van der Waals surface area contributed by atoms with Gasteiger partial charge in [0.25, 0.3) is 11.8 Å². The number of ether oxygens (including phenoxy) is 1. The molecule has 2 unspecified atom stereocenters. The van der Waals surface area contributed by atoms with Gasteiger partial charge in [-0.25, -0.2) is 0 Å². The van der Waals surface area contributed by atoms with Gasteiger partial charge in [-0.15, -0.1) is 0 Å². The van der Waals surface area contributed by atoms with Gasteiger partial charge < -0.3 is 25.2 Å². The summed E-state index contributed by atoms with van der Waals surface area (Å²) in [6, 6.07) is 14.4. The van der Waals surface area contributed by atoms with E-state index in [4.69, 9.17) is 4.74 Å². The second-order valence-electron chi connectivity index (χ2n) is 10.3. The third-order valence-electron chi connectivity index (χ3n) is 7.74. The van der Waals surface area contributed by atoms with Gasteiger partial charge >= 0.3 is 0 Å². The highest BCUT2D eigenvalue weighted by molar-refractivity contribution is 6.07. The van der Waals surface area contributed by atoms with Crippen LogP contribution in [0.15, 0.2) is 48.5 Å². The van der Waals surface area contributed by atoms with Crippen molar-refractivity contribution in [2.24, 2.45) is 5.92 Å². The van der Waals surface area contributed by atoms with E-state index >= 15 is 0 Å². The molecule has 0 radical (unpaired) electrons. The summed E-state index contributed by atoms with van der Waals surface area (Å²) >= 11 is 0. The SMILES string of the molecule is CC(Oc1ccccc1)C(=O)N1c2ccc(C(=O)N3CCNCC3)cc2NC(=O)CC1C1CCCCC1. The fourth-order valence-corrected chi connectivity index (χ4v) is 5.82. The van der Waals surface area contributed by atoms with Crippen molar-refractivity contribution < 1.29 is 19.1 Å². The fraction of sp³-hybridized carbons (Fsp3) is 0.483. The lowest BCUT2D eigenvalue weighted by Crippen LogP contribution is -2.50. The monoisotopic (exact) mass is 504 g/mol. The van der Waals surface area contributed by atoms with Crippen LogP contribution in [0.4, 0.5) is 11.4 Å². The molecule has 8 nitrogen and oxygen atoms in total. The highest BCUT2D eigenvalue weighted by atomic mass is 16.5. The average molecular weight is 505 g/mol. The van der Waals surface area contributed by atoms with E-state index in [2.05, 4.69) is 10.6 Å². The summed E-state index contributed by atoms with van der Waals surface area (Å²) in [5, 5.41) is 6.27. The van der Waals surface area contributed by atoms with Crippen LogP contribution in [0.5, 0.6) is 5.75 Å². The number of benzene rings is 2. The van der Waals surface area contributed by atoms with E-state index in [-0.39, 0.29) is 36.1 Å². The summed E-state index contributed by atoms with van der Waals surface area (Å²) in [6.45, 7) is 4.57. The number of carbonyl (C=O) groups excluding carboxylic acids is 3. The van der Waals surface area contributed by atoms with Gasteiger partial charge in [-0.3, -0.25) is 14.4 Å². The number of rotatable bonds is 5. The number of nitrogens with one attached hydrogen (secondary N) is 2. The van der Waals surface area contributed by atoms with Crippen LogP contribution in [-0.2, 0) is 9.59 Å². The molecule has 2 atom stereocenters. The first-order chi connectivity index (χ1) is 18.0. The quantitative estimate of drug-likeness (QED) is 0.646. The molecule has 1 aliphatic carbocycles. The van der Waals surface area contributed by atoms with E-state index in [1.165, 1.54) is 6.42 Å². The molecule has 0 spiro atoms. The lowest BCUT2D eigenvalue weighted by molar-refractivity contribution is -0.125. The van der Waals surface area contributed by atoms with Crippen molar-refractivity contribution in [2.45, 2.75) is 57.6 Å². The minimum absolute atomic E-state index is 0.0646. The van der Waals surface area contributed by atoms with Crippen molar-refractivity contribution in [2.75, 3.05) is 36.4 Å². The number of carbonyl (C=O) groups is 3. The molecule has 2 aromatic carbocycles. The average Bonchev–Trinajstić information content (AvgIpc) is 3.09. The number of nitrogens with zero attached hydrogens (tertiary/aromatic N) is 2. The first-order valence-electron chi connectivity index (χ1n) is 13.5. The number of piperazine rings is 1. The molecule has 5 rings (SSSR count). The molecule has 3 amide bonds. The first kappa shape index (κ1) is 25.3. The number of para-hydroxylation sites is 1. The molecule has 196 valence electrons. The highest BCUT2D eigenvalue weighted by Gasteiger charge is 2.40. The summed E-state index contributed by atoms with van der Waals surface area (Å²) in [7, 11) is 0. The van der Waals surface area contributed by atoms with Gasteiger partial charge in [-0.05, 0) is 56.0 Å². The van der Waals surface area contributed by atoms with Gasteiger partial charge in [-0.2, -0.15) is 0 Å². The van der Waals surface area contributed by atoms with Crippen LogP contribution in [0.3, 0.4) is 0 Å². The Morgan fingerprint density at radius 1 is 1.00 bits per heavy atom. The molecule has 2 aliphatic heterocycles. The molecule has 2 fully saturated rings. The van der Waals surface area contributed by atoms with Gasteiger partial charge in [0, 0.05) is 44.2 Å². The number of anilines is 2. The van der Waals surface area contributed by atoms with E-state index in [1.807, 2.05) is 41.3 Å². The summed E-state index contributed by atoms with van der Waals surface area (Å²) in [5.41, 5.74) is 1.65. The number of hydrogen-bond donors (Lipinski definition) is 2. The topological polar surface area (TPSA) is 91.0 Å². The second-order valence-corrected chi connectivity index (χ2v) is 10.3. The van der Waals surface area contributed by atoms with Crippen LogP contribution in [-0.4, -0.2) is 60.9 Å². The molecule has 0 bridgehead atoms. The van der Waals surface area contributed by atoms with Crippen molar-refractivity contribution >= 4 is 29.1 Å². The Balaban J connectivity index is 1.49. The zero-order valence-electron chi connectivity index (χ0n) is 21.4. The Labute approximate surface area is 218 Å². The predicted molar refractivity (Wildman–Crippen MR) is 143 cm³/mol. The Kier molecular flexibility index (Phi) is 7.74. The van der Waals surface area contributed by atoms with Crippen LogP contribution < -0.4 is 20.3 Å². The van der Waals surface area contributed by atoms with Crippen LogP contribution in [0, 0.1) is 5.92 Å². The van der Waals surface area contributed by atoms with Crippen molar-refractivity contribution in [1.82, 2.24) is 10.2 Å². The lowest BCUT2D eigenvalue weighted by atomic mass is 9.81. The van der Waals surface area contributed by atoms with Crippen molar-refractivity contribution in [1.29, 1.82) is 0 Å². The first-order valence-corrected chi connectivity index (χ1v) is 13.5. The van der Waals surface area contributed by atoms with Crippen LogP contribution in [0.2, 0.25) is 0 Å². The van der Waals surface area contributed by atoms with E-state index in [0.717, 1.165) is 38.8 Å². The molecular weight excluding hydrogens is 468 g/mol. The second kappa shape index (κ2) is 11.3. The summed E-state index contributed by atoms with van der Waals surface area (Å²) in [6.07, 6.45) is 4.86. The molecule has 0 aromatic heterocycles. The maximum absolute atomic E-state index is 14.0. The number of fused-ring (bicyclic) bond motifs is 1. The maximum Gasteiger partial charge on any atom is 0.268 e. The largest absolute Gasteiger partial charge is 0.481 e. The molecular formula is C29H36N4O4. The zero-order chi connectivity index (χ0) is 25.8. The molecule has 37 heavy (non-hydrogen) atoms. The maximum atomic E-state index is 14.0. The van der Waals surface area contributed by atoms with Gasteiger partial charge in [-0.1, -0.05) is 37.5 Å². The molecule has 1 saturated carbocycles. The molecule has 3 aliphatic rings. The van der Waals surface area contributed by atoms with Crippen LogP contribution >= 0.6 is 0 Å².